The number of hydrogen-bond donors (Lipinski definition) is 1. The highest BCUT2D eigenvalue weighted by molar-refractivity contribution is 6.07. The van der Waals surface area contributed by atoms with E-state index in [9.17, 15) is 9.59 Å². The number of nitrogens with zero attached hydrogens (tertiary/aromatic N) is 1. The Balaban J connectivity index is 1.34. The van der Waals surface area contributed by atoms with Crippen molar-refractivity contribution in [2.24, 2.45) is 34.5 Å². The molecular weight excluding hydrogens is 408 g/mol. The van der Waals surface area contributed by atoms with Gasteiger partial charge in [-0.1, -0.05) is 38.5 Å². The summed E-state index contributed by atoms with van der Waals surface area (Å²) in [6, 6.07) is 8.18. The summed E-state index contributed by atoms with van der Waals surface area (Å²) in [7, 11) is 0. The molecular formula is C29H38N2O2. The summed E-state index contributed by atoms with van der Waals surface area (Å²) in [5.74, 6) is 1.40. The van der Waals surface area contributed by atoms with Gasteiger partial charge in [0.15, 0.2) is 0 Å². The Morgan fingerprint density at radius 3 is 2.67 bits per heavy atom. The van der Waals surface area contributed by atoms with Crippen LogP contribution in [0.1, 0.15) is 77.2 Å². The Labute approximate surface area is 198 Å². The van der Waals surface area contributed by atoms with Crippen molar-refractivity contribution in [1.82, 2.24) is 4.90 Å². The van der Waals surface area contributed by atoms with Crippen molar-refractivity contribution in [3.8, 4) is 0 Å². The first-order chi connectivity index (χ1) is 15.8. The van der Waals surface area contributed by atoms with Crippen LogP contribution in [-0.4, -0.2) is 22.8 Å². The fourth-order valence-corrected chi connectivity index (χ4v) is 8.36. The van der Waals surface area contributed by atoms with Gasteiger partial charge >= 0.3 is 0 Å². The SMILES string of the molecule is Cc1cccc(NC(=O)C2C[C@@]3(C)C(=CC[C@@H]4[C@H]3CC[C@]3(C)CCC[C@@H]43)N(C3CC3)C2=O)c1. The standard InChI is InChI=1S/C29H38N2O2/c1-18-6-4-7-19(16-18)30-26(32)22-17-29(3)24-13-15-28(2)14-5-8-23(28)21(24)11-12-25(29)31(27(22)33)20-9-10-20/h4,6-7,12,16,20-24H,5,8-11,13-15,17H2,1-3H3,(H,30,32)/t21-,22?,23-,24+,28-,29+/m0/s1. The molecule has 4 heteroatoms. The molecule has 0 aromatic heterocycles. The van der Waals surface area contributed by atoms with Crippen LogP contribution in [0.15, 0.2) is 36.0 Å². The second-order valence-corrected chi connectivity index (χ2v) is 12.3. The van der Waals surface area contributed by atoms with Crippen LogP contribution in [0.3, 0.4) is 0 Å². The predicted molar refractivity (Wildman–Crippen MR) is 130 cm³/mol. The van der Waals surface area contributed by atoms with Gasteiger partial charge in [-0.25, -0.2) is 0 Å². The Kier molecular flexibility index (Phi) is 4.84. The van der Waals surface area contributed by atoms with Gasteiger partial charge in [0.2, 0.25) is 11.8 Å². The number of aryl methyl sites for hydroxylation is 1. The summed E-state index contributed by atoms with van der Waals surface area (Å²) in [6.07, 6.45) is 13.0. The van der Waals surface area contributed by atoms with Crippen molar-refractivity contribution in [1.29, 1.82) is 0 Å². The number of anilines is 1. The van der Waals surface area contributed by atoms with E-state index >= 15 is 0 Å². The lowest BCUT2D eigenvalue weighted by molar-refractivity contribution is -0.149. The Hall–Kier alpha value is -2.10. The van der Waals surface area contributed by atoms with Crippen LogP contribution in [-0.2, 0) is 9.59 Å². The van der Waals surface area contributed by atoms with Crippen LogP contribution in [0.2, 0.25) is 0 Å². The fourth-order valence-electron chi connectivity index (χ4n) is 8.36. The zero-order valence-corrected chi connectivity index (χ0v) is 20.4. The van der Waals surface area contributed by atoms with E-state index in [1.54, 1.807) is 0 Å². The van der Waals surface area contributed by atoms with Crippen LogP contribution in [0.4, 0.5) is 5.69 Å². The number of likely N-dealkylation sites (tertiary alicyclic amines) is 1. The maximum Gasteiger partial charge on any atom is 0.239 e. The maximum absolute atomic E-state index is 13.7. The van der Waals surface area contributed by atoms with Gasteiger partial charge < -0.3 is 10.2 Å². The Morgan fingerprint density at radius 1 is 1.09 bits per heavy atom. The van der Waals surface area contributed by atoms with Gasteiger partial charge in [-0.05, 0) is 99.2 Å². The van der Waals surface area contributed by atoms with Gasteiger partial charge in [-0.2, -0.15) is 0 Å². The number of rotatable bonds is 3. The number of benzene rings is 1. The molecule has 1 heterocycles. The van der Waals surface area contributed by atoms with Gasteiger partial charge in [0, 0.05) is 22.8 Å². The van der Waals surface area contributed by atoms with E-state index in [2.05, 4.69) is 30.1 Å². The quantitative estimate of drug-likeness (QED) is 0.573. The van der Waals surface area contributed by atoms with Crippen molar-refractivity contribution in [3.63, 3.8) is 0 Å². The first kappa shape index (κ1) is 21.4. The molecule has 5 aliphatic rings. The zero-order valence-electron chi connectivity index (χ0n) is 20.4. The van der Waals surface area contributed by atoms with E-state index in [-0.39, 0.29) is 17.2 Å². The van der Waals surface area contributed by atoms with E-state index in [0.29, 0.717) is 29.7 Å². The number of amides is 2. The van der Waals surface area contributed by atoms with Crippen molar-refractivity contribution in [2.75, 3.05) is 5.32 Å². The number of hydrogen-bond acceptors (Lipinski definition) is 2. The molecule has 1 N–H and O–H groups in total. The van der Waals surface area contributed by atoms with E-state index in [4.69, 9.17) is 0 Å². The number of carbonyl (C=O) groups excluding carboxylic acids is 2. The lowest BCUT2D eigenvalue weighted by Crippen LogP contribution is -2.58. The molecule has 1 saturated heterocycles. The molecule has 176 valence electrons. The molecule has 33 heavy (non-hydrogen) atoms. The summed E-state index contributed by atoms with van der Waals surface area (Å²) >= 11 is 0. The van der Waals surface area contributed by atoms with E-state index in [1.807, 2.05) is 31.2 Å². The van der Waals surface area contributed by atoms with Crippen molar-refractivity contribution in [3.05, 3.63) is 41.6 Å². The molecule has 4 nitrogen and oxygen atoms in total. The minimum atomic E-state index is -0.594. The third-order valence-electron chi connectivity index (χ3n) is 10.1. The van der Waals surface area contributed by atoms with Gasteiger partial charge in [-0.3, -0.25) is 9.59 Å². The largest absolute Gasteiger partial charge is 0.325 e. The number of allylic oxidation sites excluding steroid dienone is 2. The van der Waals surface area contributed by atoms with Crippen molar-refractivity contribution in [2.45, 2.75) is 84.6 Å². The molecule has 6 atom stereocenters. The number of nitrogens with one attached hydrogen (secondary N) is 1. The fraction of sp³-hybridized carbons (Fsp3) is 0.655. The first-order valence-electron chi connectivity index (χ1n) is 13.2. The first-order valence-corrected chi connectivity index (χ1v) is 13.2. The zero-order chi connectivity index (χ0) is 23.0. The molecule has 4 aliphatic carbocycles. The summed E-state index contributed by atoms with van der Waals surface area (Å²) in [4.78, 5) is 29.3. The minimum absolute atomic E-state index is 0.0337. The molecule has 2 amide bonds. The highest BCUT2D eigenvalue weighted by Crippen LogP contribution is 2.65. The normalized spacial score (nSPS) is 39.9. The van der Waals surface area contributed by atoms with Gasteiger partial charge in [-0.15, -0.1) is 0 Å². The third kappa shape index (κ3) is 3.31. The summed E-state index contributed by atoms with van der Waals surface area (Å²) < 4.78 is 0. The Bertz CT molecular complexity index is 1030. The van der Waals surface area contributed by atoms with Crippen LogP contribution in [0.25, 0.3) is 0 Å². The molecule has 6 rings (SSSR count). The maximum atomic E-state index is 13.7. The van der Waals surface area contributed by atoms with Gasteiger partial charge in [0.05, 0.1) is 0 Å². The lowest BCUT2D eigenvalue weighted by atomic mass is 9.49. The monoisotopic (exact) mass is 446 g/mol. The lowest BCUT2D eigenvalue weighted by Gasteiger charge is -2.59. The van der Waals surface area contributed by atoms with Crippen LogP contribution in [0, 0.1) is 41.4 Å². The summed E-state index contributed by atoms with van der Waals surface area (Å²) in [5, 5.41) is 3.08. The molecule has 0 spiro atoms. The molecule has 1 unspecified atom stereocenters. The molecule has 4 fully saturated rings. The average molecular weight is 447 g/mol. The predicted octanol–water partition coefficient (Wildman–Crippen LogP) is 6.07. The Morgan fingerprint density at radius 2 is 1.91 bits per heavy atom. The highest BCUT2D eigenvalue weighted by atomic mass is 16.2. The molecule has 1 aromatic carbocycles. The molecule has 0 radical (unpaired) electrons. The highest BCUT2D eigenvalue weighted by Gasteiger charge is 2.60. The number of fused-ring (bicyclic) bond motifs is 5. The smallest absolute Gasteiger partial charge is 0.239 e. The second kappa shape index (κ2) is 7.45. The molecule has 0 bridgehead atoms. The van der Waals surface area contributed by atoms with Crippen LogP contribution >= 0.6 is 0 Å². The van der Waals surface area contributed by atoms with Gasteiger partial charge in [0.1, 0.15) is 5.92 Å². The molecule has 1 aromatic rings. The van der Waals surface area contributed by atoms with Crippen LogP contribution in [0.5, 0.6) is 0 Å². The minimum Gasteiger partial charge on any atom is -0.325 e. The third-order valence-corrected chi connectivity index (χ3v) is 10.1. The summed E-state index contributed by atoms with van der Waals surface area (Å²) in [5.41, 5.74) is 3.58. The van der Waals surface area contributed by atoms with E-state index in [1.165, 1.54) is 37.8 Å². The van der Waals surface area contributed by atoms with Gasteiger partial charge in [0.25, 0.3) is 0 Å². The topological polar surface area (TPSA) is 49.4 Å². The molecule has 1 aliphatic heterocycles. The molecule has 3 saturated carbocycles. The number of carbonyl (C=O) groups is 2. The average Bonchev–Trinajstić information content (AvgIpc) is 3.52. The van der Waals surface area contributed by atoms with E-state index in [0.717, 1.165) is 36.4 Å². The summed E-state index contributed by atoms with van der Waals surface area (Å²) in [6.45, 7) is 6.94. The second-order valence-electron chi connectivity index (χ2n) is 12.3. The van der Waals surface area contributed by atoms with Crippen LogP contribution < -0.4 is 5.32 Å². The van der Waals surface area contributed by atoms with Crippen molar-refractivity contribution >= 4 is 17.5 Å². The number of piperidine rings is 1. The van der Waals surface area contributed by atoms with E-state index < -0.39 is 5.92 Å². The van der Waals surface area contributed by atoms with Crippen molar-refractivity contribution < 1.29 is 9.59 Å².